The van der Waals surface area contributed by atoms with Gasteiger partial charge in [-0.25, -0.2) is 4.68 Å². The van der Waals surface area contributed by atoms with E-state index < -0.39 is 0 Å². The summed E-state index contributed by atoms with van der Waals surface area (Å²) in [6.07, 6.45) is 0. The number of para-hydroxylation sites is 1. The Kier molecular flexibility index (Phi) is 1.66. The second-order valence-corrected chi connectivity index (χ2v) is 2.65. The minimum Gasteiger partial charge on any atom is -0.494 e. The van der Waals surface area contributed by atoms with Gasteiger partial charge in [-0.2, -0.15) is 0 Å². The molecule has 0 aliphatic heterocycles. The van der Waals surface area contributed by atoms with E-state index in [1.807, 2.05) is 18.2 Å². The van der Waals surface area contributed by atoms with E-state index in [2.05, 4.69) is 5.10 Å². The van der Waals surface area contributed by atoms with Crippen molar-refractivity contribution < 1.29 is 5.11 Å². The summed E-state index contributed by atoms with van der Waals surface area (Å²) < 4.78 is 1.27. The topological polar surface area (TPSA) is 58.0 Å². The van der Waals surface area contributed by atoms with Crippen LogP contribution in [0.25, 0.3) is 5.69 Å². The standard InChI is InChI=1S/C9H8N2O2/c12-8-6-9(13)11(10-8)7-4-2-1-3-5-7/h1-6,10,12H. The highest BCUT2D eigenvalue weighted by Crippen LogP contribution is 2.05. The van der Waals surface area contributed by atoms with Gasteiger partial charge in [-0.05, 0) is 12.1 Å². The molecule has 0 atom stereocenters. The molecule has 0 spiro atoms. The lowest BCUT2D eigenvalue weighted by Crippen LogP contribution is -2.12. The summed E-state index contributed by atoms with van der Waals surface area (Å²) >= 11 is 0. The van der Waals surface area contributed by atoms with Gasteiger partial charge in [-0.1, -0.05) is 18.2 Å². The predicted molar refractivity (Wildman–Crippen MR) is 48.1 cm³/mol. The molecule has 4 heteroatoms. The number of hydrogen-bond donors (Lipinski definition) is 2. The molecule has 1 heterocycles. The van der Waals surface area contributed by atoms with Crippen molar-refractivity contribution in [3.8, 4) is 11.6 Å². The Bertz CT molecular complexity index is 456. The monoisotopic (exact) mass is 176 g/mol. The average Bonchev–Trinajstić information content (AvgIpc) is 2.47. The van der Waals surface area contributed by atoms with Crippen LogP contribution in [0.4, 0.5) is 0 Å². The molecule has 0 saturated heterocycles. The van der Waals surface area contributed by atoms with Gasteiger partial charge in [-0.3, -0.25) is 9.89 Å². The number of rotatable bonds is 1. The second-order valence-electron chi connectivity index (χ2n) is 2.65. The molecule has 13 heavy (non-hydrogen) atoms. The Morgan fingerprint density at radius 1 is 1.23 bits per heavy atom. The number of benzene rings is 1. The van der Waals surface area contributed by atoms with E-state index in [1.54, 1.807) is 12.1 Å². The Hall–Kier alpha value is -1.97. The summed E-state index contributed by atoms with van der Waals surface area (Å²) in [6.45, 7) is 0. The van der Waals surface area contributed by atoms with Crippen molar-refractivity contribution in [2.24, 2.45) is 0 Å². The Morgan fingerprint density at radius 3 is 2.46 bits per heavy atom. The fraction of sp³-hybridized carbons (Fsp3) is 0. The van der Waals surface area contributed by atoms with Gasteiger partial charge >= 0.3 is 0 Å². The molecule has 2 rings (SSSR count). The summed E-state index contributed by atoms with van der Waals surface area (Å²) in [7, 11) is 0. The van der Waals surface area contributed by atoms with Gasteiger partial charge in [0, 0.05) is 0 Å². The van der Waals surface area contributed by atoms with Crippen molar-refractivity contribution in [2.75, 3.05) is 0 Å². The van der Waals surface area contributed by atoms with E-state index in [0.717, 1.165) is 6.07 Å². The van der Waals surface area contributed by atoms with Gasteiger partial charge in [0.15, 0.2) is 0 Å². The quantitative estimate of drug-likeness (QED) is 0.677. The van der Waals surface area contributed by atoms with Crippen LogP contribution in [0.5, 0.6) is 5.88 Å². The Morgan fingerprint density at radius 2 is 1.92 bits per heavy atom. The van der Waals surface area contributed by atoms with Gasteiger partial charge in [0.25, 0.3) is 5.56 Å². The van der Waals surface area contributed by atoms with Gasteiger partial charge in [-0.15, -0.1) is 0 Å². The third kappa shape index (κ3) is 1.33. The maximum atomic E-state index is 11.2. The molecule has 4 nitrogen and oxygen atoms in total. The van der Waals surface area contributed by atoms with Crippen LogP contribution in [0.3, 0.4) is 0 Å². The van der Waals surface area contributed by atoms with Crippen LogP contribution in [0.1, 0.15) is 0 Å². The molecule has 2 N–H and O–H groups in total. The molecular formula is C9H8N2O2. The number of nitrogens with one attached hydrogen (secondary N) is 1. The molecule has 0 aliphatic rings. The molecule has 1 aromatic heterocycles. The summed E-state index contributed by atoms with van der Waals surface area (Å²) in [5, 5.41) is 11.5. The minimum absolute atomic E-state index is 0.131. The van der Waals surface area contributed by atoms with Gasteiger partial charge < -0.3 is 5.11 Å². The predicted octanol–water partition coefficient (Wildman–Crippen LogP) is 0.871. The summed E-state index contributed by atoms with van der Waals surface area (Å²) in [5.41, 5.74) is 0.427. The van der Waals surface area contributed by atoms with E-state index in [0.29, 0.717) is 5.69 Å². The lowest BCUT2D eigenvalue weighted by atomic mass is 10.3. The Balaban J connectivity index is 2.59. The molecule has 0 amide bonds. The first-order valence-corrected chi connectivity index (χ1v) is 3.84. The molecule has 0 unspecified atom stereocenters. The molecule has 1 aromatic carbocycles. The normalized spacial score (nSPS) is 10.2. The summed E-state index contributed by atoms with van der Waals surface area (Å²) in [6, 6.07) is 10.2. The SMILES string of the molecule is O=c1cc(O)[nH]n1-c1ccccc1. The molecular weight excluding hydrogens is 168 g/mol. The zero-order valence-electron chi connectivity index (χ0n) is 6.77. The largest absolute Gasteiger partial charge is 0.494 e. The maximum Gasteiger partial charge on any atom is 0.275 e. The van der Waals surface area contributed by atoms with E-state index in [-0.39, 0.29) is 11.4 Å². The lowest BCUT2D eigenvalue weighted by molar-refractivity contribution is 0.448. The molecule has 0 radical (unpaired) electrons. The van der Waals surface area contributed by atoms with E-state index >= 15 is 0 Å². The zero-order valence-corrected chi connectivity index (χ0v) is 6.77. The van der Waals surface area contributed by atoms with Crippen LogP contribution in [-0.4, -0.2) is 14.9 Å². The second kappa shape index (κ2) is 2.82. The molecule has 0 fully saturated rings. The first kappa shape index (κ1) is 7.67. The molecule has 66 valence electrons. The van der Waals surface area contributed by atoms with Crippen molar-refractivity contribution in [3.05, 3.63) is 46.8 Å². The number of aromatic nitrogens is 2. The number of nitrogens with zero attached hydrogens (tertiary/aromatic N) is 1. The van der Waals surface area contributed by atoms with Crippen molar-refractivity contribution in [2.45, 2.75) is 0 Å². The minimum atomic E-state index is -0.274. The van der Waals surface area contributed by atoms with Gasteiger partial charge in [0.1, 0.15) is 0 Å². The van der Waals surface area contributed by atoms with Crippen LogP contribution in [-0.2, 0) is 0 Å². The number of aromatic amines is 1. The van der Waals surface area contributed by atoms with Crippen molar-refractivity contribution in [1.29, 1.82) is 0 Å². The zero-order chi connectivity index (χ0) is 9.26. The first-order valence-electron chi connectivity index (χ1n) is 3.84. The highest BCUT2D eigenvalue weighted by Gasteiger charge is 2.01. The van der Waals surface area contributed by atoms with E-state index in [4.69, 9.17) is 5.11 Å². The van der Waals surface area contributed by atoms with Crippen LogP contribution in [0, 0.1) is 0 Å². The molecule has 0 bridgehead atoms. The summed E-state index contributed by atoms with van der Waals surface area (Å²) in [5.74, 6) is -0.131. The third-order valence-electron chi connectivity index (χ3n) is 1.72. The van der Waals surface area contributed by atoms with E-state index in [1.165, 1.54) is 4.68 Å². The van der Waals surface area contributed by atoms with Crippen molar-refractivity contribution >= 4 is 0 Å². The van der Waals surface area contributed by atoms with Crippen LogP contribution in [0.15, 0.2) is 41.2 Å². The van der Waals surface area contributed by atoms with Crippen molar-refractivity contribution in [1.82, 2.24) is 9.78 Å². The highest BCUT2D eigenvalue weighted by atomic mass is 16.3. The fourth-order valence-electron chi connectivity index (χ4n) is 1.15. The first-order chi connectivity index (χ1) is 6.27. The van der Waals surface area contributed by atoms with Gasteiger partial charge in [0.05, 0.1) is 11.8 Å². The summed E-state index contributed by atoms with van der Waals surface area (Å²) in [4.78, 5) is 11.2. The average molecular weight is 176 g/mol. The van der Waals surface area contributed by atoms with Crippen LogP contribution < -0.4 is 5.56 Å². The lowest BCUT2D eigenvalue weighted by Gasteiger charge is -1.98. The maximum absolute atomic E-state index is 11.2. The van der Waals surface area contributed by atoms with Crippen LogP contribution in [0.2, 0.25) is 0 Å². The number of H-pyrrole nitrogens is 1. The number of hydrogen-bond acceptors (Lipinski definition) is 2. The molecule has 2 aromatic rings. The highest BCUT2D eigenvalue weighted by molar-refractivity contribution is 5.30. The molecule has 0 saturated carbocycles. The fourth-order valence-corrected chi connectivity index (χ4v) is 1.15. The molecule has 0 aliphatic carbocycles. The van der Waals surface area contributed by atoms with E-state index in [9.17, 15) is 4.79 Å². The number of aromatic hydroxyl groups is 1. The third-order valence-corrected chi connectivity index (χ3v) is 1.72. The van der Waals surface area contributed by atoms with Crippen molar-refractivity contribution in [3.63, 3.8) is 0 Å². The van der Waals surface area contributed by atoms with Gasteiger partial charge in [0.2, 0.25) is 5.88 Å². The Labute approximate surface area is 74.1 Å². The smallest absolute Gasteiger partial charge is 0.275 e. The van der Waals surface area contributed by atoms with Crippen LogP contribution >= 0.6 is 0 Å².